The van der Waals surface area contributed by atoms with Gasteiger partial charge in [0.15, 0.2) is 0 Å². The molecule has 1 heterocycles. The smallest absolute Gasteiger partial charge is 0.119 e. The Morgan fingerprint density at radius 3 is 2.61 bits per heavy atom. The van der Waals surface area contributed by atoms with Crippen LogP contribution in [0.1, 0.15) is 22.5 Å². The van der Waals surface area contributed by atoms with Crippen LogP contribution in [-0.4, -0.2) is 17.3 Å². The van der Waals surface area contributed by atoms with E-state index in [9.17, 15) is 0 Å². The monoisotopic (exact) mass is 245 g/mol. The van der Waals surface area contributed by atoms with Gasteiger partial charge >= 0.3 is 0 Å². The highest BCUT2D eigenvalue weighted by Gasteiger charge is 2.06. The van der Waals surface area contributed by atoms with Crippen LogP contribution in [0, 0.1) is 20.8 Å². The third-order valence-electron chi connectivity index (χ3n) is 3.17. The number of hydrogen-bond donors (Lipinski definition) is 2. The van der Waals surface area contributed by atoms with Crippen LogP contribution in [0.4, 0.5) is 5.69 Å². The summed E-state index contributed by atoms with van der Waals surface area (Å²) in [6, 6.07) is 6.03. The first kappa shape index (κ1) is 12.5. The van der Waals surface area contributed by atoms with Crippen LogP contribution in [0.5, 0.6) is 5.75 Å². The second-order valence-electron chi connectivity index (χ2n) is 4.45. The zero-order valence-electron chi connectivity index (χ0n) is 11.3. The van der Waals surface area contributed by atoms with Crippen molar-refractivity contribution < 1.29 is 4.74 Å². The number of aromatic nitrogens is 2. The molecule has 0 spiro atoms. The van der Waals surface area contributed by atoms with Gasteiger partial charge in [0.2, 0.25) is 0 Å². The maximum atomic E-state index is 5.20. The Kier molecular flexibility index (Phi) is 3.55. The van der Waals surface area contributed by atoms with Gasteiger partial charge in [-0.15, -0.1) is 0 Å². The van der Waals surface area contributed by atoms with E-state index in [2.05, 4.69) is 22.4 Å². The Balaban J connectivity index is 2.11. The summed E-state index contributed by atoms with van der Waals surface area (Å²) in [6.45, 7) is 6.90. The van der Waals surface area contributed by atoms with Crippen molar-refractivity contribution in [1.82, 2.24) is 10.2 Å². The van der Waals surface area contributed by atoms with Crippen molar-refractivity contribution >= 4 is 5.69 Å². The molecule has 0 saturated heterocycles. The molecule has 2 rings (SSSR count). The Labute approximate surface area is 107 Å². The summed E-state index contributed by atoms with van der Waals surface area (Å²) in [6.07, 6.45) is 0. The van der Waals surface area contributed by atoms with Gasteiger partial charge in [-0.2, -0.15) is 5.10 Å². The summed E-state index contributed by atoms with van der Waals surface area (Å²) in [5.74, 6) is 0.883. The molecule has 2 aromatic rings. The van der Waals surface area contributed by atoms with Crippen molar-refractivity contribution in [2.24, 2.45) is 0 Å². The van der Waals surface area contributed by atoms with Crippen molar-refractivity contribution in [1.29, 1.82) is 0 Å². The molecule has 0 saturated carbocycles. The average molecular weight is 245 g/mol. The predicted octanol–water partition coefficient (Wildman–Crippen LogP) is 2.96. The molecule has 0 aliphatic rings. The van der Waals surface area contributed by atoms with Crippen molar-refractivity contribution in [3.8, 4) is 5.75 Å². The maximum Gasteiger partial charge on any atom is 0.119 e. The normalized spacial score (nSPS) is 10.4. The van der Waals surface area contributed by atoms with Gasteiger partial charge in [-0.1, -0.05) is 0 Å². The van der Waals surface area contributed by atoms with E-state index in [1.165, 1.54) is 11.1 Å². The largest absolute Gasteiger partial charge is 0.497 e. The van der Waals surface area contributed by atoms with Gasteiger partial charge in [-0.3, -0.25) is 5.10 Å². The molecule has 0 amide bonds. The minimum Gasteiger partial charge on any atom is -0.497 e. The van der Waals surface area contributed by atoms with E-state index in [1.54, 1.807) is 7.11 Å². The fraction of sp³-hybridized carbons (Fsp3) is 0.357. The van der Waals surface area contributed by atoms with Crippen LogP contribution in [0.2, 0.25) is 0 Å². The molecule has 0 unspecified atom stereocenters. The van der Waals surface area contributed by atoms with Gasteiger partial charge in [0, 0.05) is 23.5 Å². The lowest BCUT2D eigenvalue weighted by Gasteiger charge is -2.11. The van der Waals surface area contributed by atoms with Crippen LogP contribution >= 0.6 is 0 Å². The number of aryl methyl sites for hydroxylation is 3. The lowest BCUT2D eigenvalue weighted by molar-refractivity contribution is 0.414. The molecule has 2 N–H and O–H groups in total. The van der Waals surface area contributed by atoms with E-state index >= 15 is 0 Å². The summed E-state index contributed by atoms with van der Waals surface area (Å²) in [7, 11) is 1.68. The number of aromatic amines is 1. The molecule has 0 atom stereocenters. The molecule has 18 heavy (non-hydrogen) atoms. The summed E-state index contributed by atoms with van der Waals surface area (Å²) < 4.78 is 5.20. The molecule has 1 aromatic heterocycles. The van der Waals surface area contributed by atoms with Gasteiger partial charge in [-0.05, 0) is 44.5 Å². The second kappa shape index (κ2) is 5.12. The number of hydrogen-bond acceptors (Lipinski definition) is 3. The zero-order chi connectivity index (χ0) is 13.1. The molecule has 0 fully saturated rings. The molecule has 4 heteroatoms. The van der Waals surface area contributed by atoms with Crippen LogP contribution < -0.4 is 10.1 Å². The Bertz CT molecular complexity index is 526. The van der Waals surface area contributed by atoms with E-state index in [-0.39, 0.29) is 0 Å². The van der Waals surface area contributed by atoms with Gasteiger partial charge in [0.25, 0.3) is 0 Å². The average Bonchev–Trinajstić information content (AvgIpc) is 2.68. The molecule has 0 aliphatic heterocycles. The molecule has 0 aliphatic carbocycles. The van der Waals surface area contributed by atoms with Crippen LogP contribution in [0.25, 0.3) is 0 Å². The molecule has 0 bridgehead atoms. The Morgan fingerprint density at radius 2 is 2.06 bits per heavy atom. The van der Waals surface area contributed by atoms with Crippen LogP contribution in [-0.2, 0) is 6.54 Å². The number of nitrogens with one attached hydrogen (secondary N) is 2. The first-order valence-electron chi connectivity index (χ1n) is 6.00. The minimum atomic E-state index is 0.779. The van der Waals surface area contributed by atoms with Crippen molar-refractivity contribution in [2.45, 2.75) is 27.3 Å². The fourth-order valence-corrected chi connectivity index (χ4v) is 1.98. The summed E-state index contributed by atoms with van der Waals surface area (Å²) in [5, 5.41) is 10.6. The molecular weight excluding hydrogens is 226 g/mol. The standard InChI is InChI=1S/C14H19N3O/c1-9-7-12(18-4)5-6-14(9)15-8-13-10(2)16-17-11(13)3/h5-7,15H,8H2,1-4H3,(H,16,17). The number of methoxy groups -OCH3 is 1. The highest BCUT2D eigenvalue weighted by Crippen LogP contribution is 2.22. The lowest BCUT2D eigenvalue weighted by Crippen LogP contribution is -2.03. The van der Waals surface area contributed by atoms with Crippen molar-refractivity contribution in [3.05, 3.63) is 40.7 Å². The topological polar surface area (TPSA) is 49.9 Å². The zero-order valence-corrected chi connectivity index (χ0v) is 11.3. The van der Waals surface area contributed by atoms with Crippen molar-refractivity contribution in [3.63, 3.8) is 0 Å². The molecule has 96 valence electrons. The number of H-pyrrole nitrogens is 1. The predicted molar refractivity (Wildman–Crippen MR) is 73.1 cm³/mol. The number of benzene rings is 1. The van der Waals surface area contributed by atoms with E-state index in [0.29, 0.717) is 0 Å². The Hall–Kier alpha value is -1.97. The summed E-state index contributed by atoms with van der Waals surface area (Å²) >= 11 is 0. The second-order valence-corrected chi connectivity index (χ2v) is 4.45. The highest BCUT2D eigenvalue weighted by molar-refractivity contribution is 5.54. The third kappa shape index (κ3) is 2.47. The Morgan fingerprint density at radius 1 is 1.28 bits per heavy atom. The molecule has 4 nitrogen and oxygen atoms in total. The quantitative estimate of drug-likeness (QED) is 0.870. The van der Waals surface area contributed by atoms with Gasteiger partial charge in [-0.25, -0.2) is 0 Å². The van der Waals surface area contributed by atoms with Crippen LogP contribution in [0.15, 0.2) is 18.2 Å². The number of ether oxygens (including phenoxy) is 1. The van der Waals surface area contributed by atoms with Gasteiger partial charge in [0.1, 0.15) is 5.75 Å². The first-order chi connectivity index (χ1) is 8.61. The number of rotatable bonds is 4. The summed E-state index contributed by atoms with van der Waals surface area (Å²) in [5.41, 5.74) is 5.69. The molecule has 0 radical (unpaired) electrons. The fourth-order valence-electron chi connectivity index (χ4n) is 1.98. The number of nitrogens with zero attached hydrogens (tertiary/aromatic N) is 1. The highest BCUT2D eigenvalue weighted by atomic mass is 16.5. The summed E-state index contributed by atoms with van der Waals surface area (Å²) in [4.78, 5) is 0. The maximum absolute atomic E-state index is 5.20. The lowest BCUT2D eigenvalue weighted by atomic mass is 10.1. The van der Waals surface area contributed by atoms with E-state index in [4.69, 9.17) is 4.74 Å². The SMILES string of the molecule is COc1ccc(NCc2c(C)n[nH]c2C)c(C)c1. The molecular formula is C14H19N3O. The van der Waals surface area contributed by atoms with Gasteiger partial charge in [0.05, 0.1) is 12.8 Å². The van der Waals surface area contributed by atoms with E-state index in [0.717, 1.165) is 29.4 Å². The third-order valence-corrected chi connectivity index (χ3v) is 3.17. The number of anilines is 1. The van der Waals surface area contributed by atoms with Crippen molar-refractivity contribution in [2.75, 3.05) is 12.4 Å². The first-order valence-corrected chi connectivity index (χ1v) is 6.00. The van der Waals surface area contributed by atoms with E-state index in [1.807, 2.05) is 32.0 Å². The van der Waals surface area contributed by atoms with Crippen LogP contribution in [0.3, 0.4) is 0 Å². The van der Waals surface area contributed by atoms with Gasteiger partial charge < -0.3 is 10.1 Å². The minimum absolute atomic E-state index is 0.779. The van der Waals surface area contributed by atoms with E-state index < -0.39 is 0 Å². The molecule has 1 aromatic carbocycles.